The van der Waals surface area contributed by atoms with Crippen molar-refractivity contribution in [3.05, 3.63) is 93.6 Å². The van der Waals surface area contributed by atoms with E-state index in [9.17, 15) is 14.4 Å². The fourth-order valence-corrected chi connectivity index (χ4v) is 4.09. The molecule has 1 fully saturated rings. The molecule has 2 N–H and O–H groups in total. The molecule has 0 atom stereocenters. The first-order valence-corrected chi connectivity index (χ1v) is 12.5. The van der Waals surface area contributed by atoms with E-state index in [1.54, 1.807) is 18.2 Å². The minimum absolute atomic E-state index is 0.148. The van der Waals surface area contributed by atoms with E-state index in [1.807, 2.05) is 68.4 Å². The van der Waals surface area contributed by atoms with Gasteiger partial charge in [-0.3, -0.25) is 14.5 Å². The highest BCUT2D eigenvalue weighted by Gasteiger charge is 2.33. The molecule has 0 spiro atoms. The molecule has 0 aliphatic carbocycles. The quantitative estimate of drug-likeness (QED) is 0.273. The maximum atomic E-state index is 12.9. The lowest BCUT2D eigenvalue weighted by Crippen LogP contribution is -2.30. The summed E-state index contributed by atoms with van der Waals surface area (Å²) in [6.07, 6.45) is 1.58. The van der Waals surface area contributed by atoms with Crippen LogP contribution in [0, 0.1) is 6.92 Å². The second kappa shape index (κ2) is 11.7. The van der Waals surface area contributed by atoms with Gasteiger partial charge in [-0.1, -0.05) is 64.0 Å². The SMILES string of the molecule is CCOc1cc(/C=C2/NC(=O)N(Cc3ccccc3)C2=O)c(Br)cc1OCC(=O)Nc1ccc(C)cc1. The smallest absolute Gasteiger partial charge is 0.329 e. The van der Waals surface area contributed by atoms with Crippen LogP contribution in [-0.4, -0.2) is 36.0 Å². The molecule has 9 heteroatoms. The van der Waals surface area contributed by atoms with Gasteiger partial charge in [0.2, 0.25) is 0 Å². The van der Waals surface area contributed by atoms with Gasteiger partial charge in [0.15, 0.2) is 18.1 Å². The van der Waals surface area contributed by atoms with E-state index in [4.69, 9.17) is 9.47 Å². The van der Waals surface area contributed by atoms with E-state index in [-0.39, 0.29) is 24.8 Å². The minimum Gasteiger partial charge on any atom is -0.490 e. The summed E-state index contributed by atoms with van der Waals surface area (Å²) in [6.45, 7) is 4.12. The summed E-state index contributed by atoms with van der Waals surface area (Å²) < 4.78 is 12.1. The number of amides is 4. The van der Waals surface area contributed by atoms with Gasteiger partial charge >= 0.3 is 6.03 Å². The molecule has 0 aromatic heterocycles. The summed E-state index contributed by atoms with van der Waals surface area (Å²) in [4.78, 5) is 38.9. The monoisotopic (exact) mass is 563 g/mol. The van der Waals surface area contributed by atoms with E-state index in [0.29, 0.717) is 33.8 Å². The number of hydrogen-bond donors (Lipinski definition) is 2. The number of carbonyl (C=O) groups excluding carboxylic acids is 3. The number of urea groups is 1. The van der Waals surface area contributed by atoms with Crippen LogP contribution in [0.5, 0.6) is 11.5 Å². The molecular weight excluding hydrogens is 538 g/mol. The number of rotatable bonds is 9. The topological polar surface area (TPSA) is 97.0 Å². The number of aryl methyl sites for hydroxylation is 1. The summed E-state index contributed by atoms with van der Waals surface area (Å²) in [5.74, 6) is 0.0271. The number of nitrogens with one attached hydrogen (secondary N) is 2. The Morgan fingerprint density at radius 1 is 1.03 bits per heavy atom. The standard InChI is InChI=1S/C28H26BrN3O5/c1-3-36-24-14-20(13-23-27(34)32(28(35)31-23)16-19-7-5-4-6-8-19)22(29)15-25(24)37-17-26(33)30-21-11-9-18(2)10-12-21/h4-15H,3,16-17H2,1-2H3,(H,30,33)(H,31,35)/b23-13+. The van der Waals surface area contributed by atoms with Crippen molar-refractivity contribution in [1.82, 2.24) is 10.2 Å². The van der Waals surface area contributed by atoms with Gasteiger partial charge in [0.1, 0.15) is 5.70 Å². The van der Waals surface area contributed by atoms with Gasteiger partial charge in [-0.05, 0) is 55.3 Å². The molecular formula is C28H26BrN3O5. The van der Waals surface area contributed by atoms with E-state index in [0.717, 1.165) is 16.0 Å². The zero-order valence-corrected chi connectivity index (χ0v) is 22.0. The van der Waals surface area contributed by atoms with Crippen LogP contribution in [0.25, 0.3) is 6.08 Å². The lowest BCUT2D eigenvalue weighted by molar-refractivity contribution is -0.123. The molecule has 37 heavy (non-hydrogen) atoms. The van der Waals surface area contributed by atoms with Gasteiger partial charge in [-0.25, -0.2) is 4.79 Å². The van der Waals surface area contributed by atoms with Gasteiger partial charge in [0.25, 0.3) is 11.8 Å². The lowest BCUT2D eigenvalue weighted by atomic mass is 10.1. The Bertz CT molecular complexity index is 1340. The number of benzene rings is 3. The van der Waals surface area contributed by atoms with Crippen molar-refractivity contribution in [2.75, 3.05) is 18.5 Å². The van der Waals surface area contributed by atoms with Crippen molar-refractivity contribution in [2.45, 2.75) is 20.4 Å². The zero-order valence-electron chi connectivity index (χ0n) is 20.4. The second-order valence-electron chi connectivity index (χ2n) is 8.32. The number of imide groups is 1. The molecule has 0 bridgehead atoms. The Hall–Kier alpha value is -4.11. The maximum absolute atomic E-state index is 12.9. The molecule has 3 aromatic rings. The van der Waals surface area contributed by atoms with Crippen LogP contribution in [-0.2, 0) is 16.1 Å². The van der Waals surface area contributed by atoms with Crippen molar-refractivity contribution in [2.24, 2.45) is 0 Å². The number of halogens is 1. The van der Waals surface area contributed by atoms with Crippen LogP contribution in [0.15, 0.2) is 76.9 Å². The zero-order chi connectivity index (χ0) is 26.4. The number of anilines is 1. The van der Waals surface area contributed by atoms with E-state index < -0.39 is 11.9 Å². The molecule has 3 aromatic carbocycles. The third-order valence-electron chi connectivity index (χ3n) is 5.50. The van der Waals surface area contributed by atoms with Crippen molar-refractivity contribution in [3.63, 3.8) is 0 Å². The largest absolute Gasteiger partial charge is 0.490 e. The van der Waals surface area contributed by atoms with Crippen molar-refractivity contribution in [1.29, 1.82) is 0 Å². The average Bonchev–Trinajstić information content (AvgIpc) is 3.14. The Labute approximate surface area is 223 Å². The van der Waals surface area contributed by atoms with Gasteiger partial charge in [0, 0.05) is 10.2 Å². The van der Waals surface area contributed by atoms with Crippen LogP contribution in [0.1, 0.15) is 23.6 Å². The molecule has 1 saturated heterocycles. The van der Waals surface area contributed by atoms with Gasteiger partial charge in [0.05, 0.1) is 13.2 Å². The highest BCUT2D eigenvalue weighted by atomic mass is 79.9. The Kier molecular flexibility index (Phi) is 8.25. The fourth-order valence-electron chi connectivity index (χ4n) is 3.66. The predicted octanol–water partition coefficient (Wildman–Crippen LogP) is 5.27. The Morgan fingerprint density at radius 2 is 1.73 bits per heavy atom. The van der Waals surface area contributed by atoms with Gasteiger partial charge in [-0.15, -0.1) is 0 Å². The van der Waals surface area contributed by atoms with Crippen LogP contribution in [0.4, 0.5) is 10.5 Å². The number of ether oxygens (including phenoxy) is 2. The first-order valence-electron chi connectivity index (χ1n) is 11.7. The normalized spacial score (nSPS) is 14.0. The molecule has 4 rings (SSSR count). The number of nitrogens with zero attached hydrogens (tertiary/aromatic N) is 1. The lowest BCUT2D eigenvalue weighted by Gasteiger charge is -2.14. The summed E-state index contributed by atoms with van der Waals surface area (Å²) in [5, 5.41) is 5.42. The summed E-state index contributed by atoms with van der Waals surface area (Å²) in [5.41, 5.74) is 3.37. The van der Waals surface area contributed by atoms with Crippen molar-refractivity contribution in [3.8, 4) is 11.5 Å². The molecule has 8 nitrogen and oxygen atoms in total. The van der Waals surface area contributed by atoms with E-state index in [1.165, 1.54) is 0 Å². The summed E-state index contributed by atoms with van der Waals surface area (Å²) in [6, 6.07) is 19.6. The maximum Gasteiger partial charge on any atom is 0.329 e. The van der Waals surface area contributed by atoms with E-state index >= 15 is 0 Å². The van der Waals surface area contributed by atoms with Crippen molar-refractivity contribution >= 4 is 45.5 Å². The number of carbonyl (C=O) groups is 3. The second-order valence-corrected chi connectivity index (χ2v) is 9.18. The summed E-state index contributed by atoms with van der Waals surface area (Å²) in [7, 11) is 0. The molecule has 4 amide bonds. The predicted molar refractivity (Wildman–Crippen MR) is 144 cm³/mol. The molecule has 190 valence electrons. The van der Waals surface area contributed by atoms with Gasteiger partial charge in [-0.2, -0.15) is 0 Å². The molecule has 1 aliphatic heterocycles. The highest BCUT2D eigenvalue weighted by Crippen LogP contribution is 2.35. The van der Waals surface area contributed by atoms with E-state index in [2.05, 4.69) is 26.6 Å². The fraction of sp³-hybridized carbons (Fsp3) is 0.179. The van der Waals surface area contributed by atoms with Crippen LogP contribution < -0.4 is 20.1 Å². The van der Waals surface area contributed by atoms with Gasteiger partial charge < -0.3 is 20.1 Å². The molecule has 1 aliphatic rings. The number of hydrogen-bond acceptors (Lipinski definition) is 5. The Morgan fingerprint density at radius 3 is 2.43 bits per heavy atom. The highest BCUT2D eigenvalue weighted by molar-refractivity contribution is 9.10. The minimum atomic E-state index is -0.485. The molecule has 0 saturated carbocycles. The molecule has 0 radical (unpaired) electrons. The first kappa shape index (κ1) is 26.0. The molecule has 0 unspecified atom stereocenters. The van der Waals surface area contributed by atoms with Crippen LogP contribution in [0.2, 0.25) is 0 Å². The average molecular weight is 564 g/mol. The third-order valence-corrected chi connectivity index (χ3v) is 6.19. The Balaban J connectivity index is 1.48. The van der Waals surface area contributed by atoms with Crippen molar-refractivity contribution < 1.29 is 23.9 Å². The van der Waals surface area contributed by atoms with Crippen LogP contribution in [0.3, 0.4) is 0 Å². The summed E-state index contributed by atoms with van der Waals surface area (Å²) >= 11 is 3.49. The third kappa shape index (κ3) is 6.56. The first-order chi connectivity index (χ1) is 17.8. The molecule has 1 heterocycles. The van der Waals surface area contributed by atoms with Crippen LogP contribution >= 0.6 is 15.9 Å².